The van der Waals surface area contributed by atoms with Gasteiger partial charge in [0.05, 0.1) is 12.0 Å². The Morgan fingerprint density at radius 3 is 2.57 bits per heavy atom. The van der Waals surface area contributed by atoms with Crippen LogP contribution in [0.4, 0.5) is 5.82 Å². The largest absolute Gasteiger partial charge is 0.381 e. The van der Waals surface area contributed by atoms with Gasteiger partial charge in [0.1, 0.15) is 5.82 Å². The van der Waals surface area contributed by atoms with Crippen molar-refractivity contribution < 1.29 is 14.3 Å². The molecule has 0 bridgehead atoms. The molecule has 1 fully saturated rings. The number of benzene rings is 1. The number of hydrogen-bond acceptors (Lipinski definition) is 4. The Labute approximate surface area is 169 Å². The fourth-order valence-electron chi connectivity index (χ4n) is 3.62. The third-order valence-corrected chi connectivity index (χ3v) is 5.36. The summed E-state index contributed by atoms with van der Waals surface area (Å²) in [4.78, 5) is 31.6. The van der Waals surface area contributed by atoms with E-state index in [0.29, 0.717) is 36.9 Å². The zero-order valence-electron chi connectivity index (χ0n) is 16.1. The van der Waals surface area contributed by atoms with Crippen LogP contribution < -0.4 is 5.32 Å². The van der Waals surface area contributed by atoms with Crippen molar-refractivity contribution in [3.8, 4) is 0 Å². The van der Waals surface area contributed by atoms with Gasteiger partial charge in [-0.1, -0.05) is 35.9 Å². The van der Waals surface area contributed by atoms with E-state index < -0.39 is 5.41 Å². The number of aryl methyl sites for hydroxylation is 1. The van der Waals surface area contributed by atoms with Gasteiger partial charge in [-0.25, -0.2) is 4.98 Å². The average molecular weight is 402 g/mol. The van der Waals surface area contributed by atoms with Crippen LogP contribution in [-0.4, -0.2) is 48.5 Å². The van der Waals surface area contributed by atoms with Gasteiger partial charge in [-0.3, -0.25) is 9.59 Å². The molecule has 1 aliphatic rings. The molecule has 0 unspecified atom stereocenters. The molecule has 6 nitrogen and oxygen atoms in total. The van der Waals surface area contributed by atoms with Crippen molar-refractivity contribution in [2.75, 3.05) is 32.1 Å². The van der Waals surface area contributed by atoms with E-state index in [1.165, 1.54) is 4.90 Å². The van der Waals surface area contributed by atoms with Crippen LogP contribution >= 0.6 is 11.6 Å². The smallest absolute Gasteiger partial charge is 0.245 e. The van der Waals surface area contributed by atoms with Crippen molar-refractivity contribution in [2.24, 2.45) is 0 Å². The van der Waals surface area contributed by atoms with Gasteiger partial charge in [0.15, 0.2) is 0 Å². The Morgan fingerprint density at radius 2 is 1.89 bits per heavy atom. The maximum absolute atomic E-state index is 13.4. The predicted molar refractivity (Wildman–Crippen MR) is 108 cm³/mol. The third-order valence-electron chi connectivity index (χ3n) is 5.03. The van der Waals surface area contributed by atoms with Crippen molar-refractivity contribution in [3.63, 3.8) is 0 Å². The second-order valence-corrected chi connectivity index (χ2v) is 7.46. The molecule has 0 saturated carbocycles. The van der Waals surface area contributed by atoms with Crippen LogP contribution in [0.2, 0.25) is 5.02 Å². The Bertz CT molecular complexity index is 865. The maximum atomic E-state index is 13.4. The summed E-state index contributed by atoms with van der Waals surface area (Å²) >= 11 is 6.42. The minimum absolute atomic E-state index is 0.0679. The molecule has 0 atom stereocenters. The number of amides is 2. The van der Waals surface area contributed by atoms with Gasteiger partial charge < -0.3 is 15.0 Å². The molecule has 0 aliphatic carbocycles. The van der Waals surface area contributed by atoms with Crippen molar-refractivity contribution in [3.05, 3.63) is 58.7 Å². The average Bonchev–Trinajstić information content (AvgIpc) is 2.68. The summed E-state index contributed by atoms with van der Waals surface area (Å²) in [5.74, 6) is 0.0456. The molecular formula is C21H24ClN3O3. The molecule has 2 amide bonds. The molecule has 2 aromatic rings. The highest BCUT2D eigenvalue weighted by molar-refractivity contribution is 6.31. The highest BCUT2D eigenvalue weighted by Gasteiger charge is 2.44. The molecule has 7 heteroatoms. The van der Waals surface area contributed by atoms with E-state index >= 15 is 0 Å². The van der Waals surface area contributed by atoms with Crippen molar-refractivity contribution in [1.29, 1.82) is 0 Å². The molecule has 1 aromatic heterocycles. The quantitative estimate of drug-likeness (QED) is 0.835. The van der Waals surface area contributed by atoms with E-state index in [0.717, 1.165) is 11.3 Å². The van der Waals surface area contributed by atoms with Gasteiger partial charge >= 0.3 is 0 Å². The van der Waals surface area contributed by atoms with Crippen molar-refractivity contribution in [2.45, 2.75) is 25.2 Å². The summed E-state index contributed by atoms with van der Waals surface area (Å²) in [6.07, 6.45) is 1.06. The van der Waals surface area contributed by atoms with Crippen molar-refractivity contribution in [1.82, 2.24) is 9.88 Å². The summed E-state index contributed by atoms with van der Waals surface area (Å²) in [5.41, 5.74) is 0.812. The number of anilines is 1. The Kier molecular flexibility index (Phi) is 6.31. The molecule has 1 aliphatic heterocycles. The van der Waals surface area contributed by atoms with E-state index in [2.05, 4.69) is 10.3 Å². The molecule has 1 saturated heterocycles. The number of halogens is 1. The Balaban J connectivity index is 1.77. The first-order valence-corrected chi connectivity index (χ1v) is 9.62. The predicted octanol–water partition coefficient (Wildman–Crippen LogP) is 3.19. The number of nitrogens with one attached hydrogen (secondary N) is 1. The lowest BCUT2D eigenvalue weighted by Crippen LogP contribution is -2.50. The standard InChI is InChI=1S/C21H24ClN3O3/c1-15-6-5-9-18(23-15)24-19(26)14-25(2)20(27)21(10-12-28-13-11-21)16-7-3-4-8-17(16)22/h3-9H,10-14H2,1-2H3,(H,23,24,26). The number of nitrogens with zero attached hydrogens (tertiary/aromatic N) is 2. The lowest BCUT2D eigenvalue weighted by molar-refractivity contribution is -0.142. The molecule has 1 aromatic carbocycles. The summed E-state index contributed by atoms with van der Waals surface area (Å²) < 4.78 is 5.49. The van der Waals surface area contributed by atoms with E-state index in [-0.39, 0.29) is 18.4 Å². The van der Waals surface area contributed by atoms with Gasteiger partial charge in [-0.05, 0) is 43.5 Å². The molecule has 0 radical (unpaired) electrons. The van der Waals surface area contributed by atoms with Crippen LogP contribution in [-0.2, 0) is 19.7 Å². The number of pyridine rings is 1. The third kappa shape index (κ3) is 4.34. The number of rotatable bonds is 5. The van der Waals surface area contributed by atoms with Gasteiger partial charge in [-0.15, -0.1) is 0 Å². The summed E-state index contributed by atoms with van der Waals surface area (Å²) in [7, 11) is 1.64. The Morgan fingerprint density at radius 1 is 1.18 bits per heavy atom. The first-order valence-electron chi connectivity index (χ1n) is 9.24. The number of carbonyl (C=O) groups is 2. The number of likely N-dealkylation sites (N-methyl/N-ethyl adjacent to an activating group) is 1. The normalized spacial score (nSPS) is 15.7. The molecule has 0 spiro atoms. The van der Waals surface area contributed by atoms with Gasteiger partial charge in [-0.2, -0.15) is 0 Å². The fourth-order valence-corrected chi connectivity index (χ4v) is 3.93. The lowest BCUT2D eigenvalue weighted by atomic mass is 9.73. The monoisotopic (exact) mass is 401 g/mol. The Hall–Kier alpha value is -2.44. The van der Waals surface area contributed by atoms with Crippen LogP contribution in [0.1, 0.15) is 24.1 Å². The second-order valence-electron chi connectivity index (χ2n) is 7.05. The van der Waals surface area contributed by atoms with E-state index in [1.54, 1.807) is 19.2 Å². The fraction of sp³-hybridized carbons (Fsp3) is 0.381. The minimum atomic E-state index is -0.785. The summed E-state index contributed by atoms with van der Waals surface area (Å²) in [6, 6.07) is 12.8. The molecule has 3 rings (SSSR count). The van der Waals surface area contributed by atoms with Crippen molar-refractivity contribution >= 4 is 29.2 Å². The highest BCUT2D eigenvalue weighted by atomic mass is 35.5. The van der Waals surface area contributed by atoms with Crippen LogP contribution in [0.15, 0.2) is 42.5 Å². The van der Waals surface area contributed by atoms with Gasteiger partial charge in [0.2, 0.25) is 11.8 Å². The van der Waals surface area contributed by atoms with E-state index in [1.807, 2.05) is 37.3 Å². The lowest BCUT2D eigenvalue weighted by Gasteiger charge is -2.39. The van der Waals surface area contributed by atoms with Gasteiger partial charge in [0.25, 0.3) is 0 Å². The van der Waals surface area contributed by atoms with E-state index in [9.17, 15) is 9.59 Å². The first-order chi connectivity index (χ1) is 13.4. The molecular weight excluding hydrogens is 378 g/mol. The van der Waals surface area contributed by atoms with Crippen LogP contribution in [0.3, 0.4) is 0 Å². The van der Waals surface area contributed by atoms with Crippen LogP contribution in [0.5, 0.6) is 0 Å². The topological polar surface area (TPSA) is 71.5 Å². The number of hydrogen-bond donors (Lipinski definition) is 1. The number of ether oxygens (including phenoxy) is 1. The second kappa shape index (κ2) is 8.71. The number of carbonyl (C=O) groups excluding carboxylic acids is 2. The van der Waals surface area contributed by atoms with Gasteiger partial charge in [0, 0.05) is 31.0 Å². The summed E-state index contributed by atoms with van der Waals surface area (Å²) in [6.45, 7) is 2.74. The number of aromatic nitrogens is 1. The first kappa shape index (κ1) is 20.3. The van der Waals surface area contributed by atoms with E-state index in [4.69, 9.17) is 16.3 Å². The molecule has 2 heterocycles. The maximum Gasteiger partial charge on any atom is 0.245 e. The minimum Gasteiger partial charge on any atom is -0.381 e. The zero-order valence-corrected chi connectivity index (χ0v) is 16.8. The van der Waals surface area contributed by atoms with Crippen LogP contribution in [0, 0.1) is 6.92 Å². The molecule has 148 valence electrons. The highest BCUT2D eigenvalue weighted by Crippen LogP contribution is 2.40. The molecule has 28 heavy (non-hydrogen) atoms. The summed E-state index contributed by atoms with van der Waals surface area (Å²) in [5, 5.41) is 3.30. The molecule has 1 N–H and O–H groups in total. The van der Waals surface area contributed by atoms with Crippen LogP contribution in [0.25, 0.3) is 0 Å². The SMILES string of the molecule is Cc1cccc(NC(=O)CN(C)C(=O)C2(c3ccccc3Cl)CCOCC2)n1. The zero-order chi connectivity index (χ0) is 20.1.